The summed E-state index contributed by atoms with van der Waals surface area (Å²) in [6.45, 7) is 6.22. The summed E-state index contributed by atoms with van der Waals surface area (Å²) in [5.41, 5.74) is 0. The van der Waals surface area contributed by atoms with Gasteiger partial charge in [-0.2, -0.15) is 0 Å². The highest BCUT2D eigenvalue weighted by Gasteiger charge is 2.00. The van der Waals surface area contributed by atoms with Crippen LogP contribution in [0.4, 0.5) is 0 Å². The maximum Gasteiger partial charge on any atom is 0.122 e. The Kier molecular flexibility index (Phi) is 24.5. The molecule has 0 N–H and O–H groups in total. The molecule has 0 radical (unpaired) electrons. The Morgan fingerprint density at radius 1 is 0.389 bits per heavy atom. The first-order chi connectivity index (χ1) is 17.9. The van der Waals surface area contributed by atoms with Crippen LogP contribution < -0.4 is 9.47 Å². The molecule has 0 aliphatic rings. The van der Waals surface area contributed by atoms with Gasteiger partial charge in [0.2, 0.25) is 0 Å². The fourth-order valence-corrected chi connectivity index (χ4v) is 4.92. The van der Waals surface area contributed by atoms with Gasteiger partial charge in [0.15, 0.2) is 0 Å². The molecule has 2 nitrogen and oxygen atoms in total. The van der Waals surface area contributed by atoms with Crippen molar-refractivity contribution < 1.29 is 9.47 Å². The molecule has 0 amide bonds. The summed E-state index contributed by atoms with van der Waals surface area (Å²) in [4.78, 5) is 0. The molecular formula is C34H62O2. The lowest BCUT2D eigenvalue weighted by Gasteiger charge is -2.10. The average Bonchev–Trinajstić information content (AvgIpc) is 2.90. The minimum Gasteiger partial charge on any atom is -0.493 e. The van der Waals surface area contributed by atoms with Gasteiger partial charge in [-0.1, -0.05) is 161 Å². The van der Waals surface area contributed by atoms with Gasteiger partial charge in [-0.15, -0.1) is 0 Å². The molecule has 0 saturated heterocycles. The van der Waals surface area contributed by atoms with Gasteiger partial charge in [0, 0.05) is 6.07 Å². The number of hydrogen-bond acceptors (Lipinski definition) is 2. The largest absolute Gasteiger partial charge is 0.493 e. The van der Waals surface area contributed by atoms with Crippen molar-refractivity contribution in [3.63, 3.8) is 0 Å². The average molecular weight is 503 g/mol. The zero-order valence-electron chi connectivity index (χ0n) is 24.5. The Hall–Kier alpha value is -1.18. The van der Waals surface area contributed by atoms with E-state index in [4.69, 9.17) is 9.47 Å². The van der Waals surface area contributed by atoms with Crippen LogP contribution in [0, 0.1) is 0 Å². The minimum absolute atomic E-state index is 0.819. The Bertz CT molecular complexity index is 511. The molecule has 0 heterocycles. The zero-order chi connectivity index (χ0) is 25.8. The summed E-state index contributed by atoms with van der Waals surface area (Å²) in [5.74, 6) is 1.90. The van der Waals surface area contributed by atoms with E-state index in [0.29, 0.717) is 0 Å². The molecule has 2 heteroatoms. The van der Waals surface area contributed by atoms with E-state index in [9.17, 15) is 0 Å². The van der Waals surface area contributed by atoms with E-state index in [2.05, 4.69) is 38.1 Å². The van der Waals surface area contributed by atoms with Crippen LogP contribution >= 0.6 is 0 Å². The fourth-order valence-electron chi connectivity index (χ4n) is 4.92. The lowest BCUT2D eigenvalue weighted by molar-refractivity contribution is 0.289. The van der Waals surface area contributed by atoms with Crippen LogP contribution in [0.1, 0.15) is 168 Å². The molecule has 0 spiro atoms. The quantitative estimate of drug-likeness (QED) is 0.106. The van der Waals surface area contributed by atoms with E-state index in [1.54, 1.807) is 0 Å². The van der Waals surface area contributed by atoms with Gasteiger partial charge in [0.05, 0.1) is 13.2 Å². The van der Waals surface area contributed by atoms with E-state index in [1.165, 1.54) is 141 Å². The smallest absolute Gasteiger partial charge is 0.122 e. The van der Waals surface area contributed by atoms with Crippen molar-refractivity contribution in [1.29, 1.82) is 0 Å². The van der Waals surface area contributed by atoms with Crippen molar-refractivity contribution in [1.82, 2.24) is 0 Å². The first kappa shape index (κ1) is 32.8. The van der Waals surface area contributed by atoms with Gasteiger partial charge >= 0.3 is 0 Å². The number of ether oxygens (including phenoxy) is 2. The third-order valence-corrected chi connectivity index (χ3v) is 7.34. The highest BCUT2D eigenvalue weighted by atomic mass is 16.5. The number of benzene rings is 1. The van der Waals surface area contributed by atoms with Gasteiger partial charge in [-0.05, 0) is 25.0 Å². The predicted octanol–water partition coefficient (Wildman–Crippen LogP) is 11.8. The Morgan fingerprint density at radius 3 is 0.972 bits per heavy atom. The summed E-state index contributed by atoms with van der Waals surface area (Å²) in [6, 6.07) is 8.21. The van der Waals surface area contributed by atoms with Crippen molar-refractivity contribution in [3.05, 3.63) is 24.3 Å². The molecule has 0 saturated carbocycles. The van der Waals surface area contributed by atoms with Gasteiger partial charge in [-0.3, -0.25) is 0 Å². The molecular weight excluding hydrogens is 440 g/mol. The molecule has 1 aromatic rings. The first-order valence-electron chi connectivity index (χ1n) is 16.2. The van der Waals surface area contributed by atoms with E-state index in [0.717, 1.165) is 37.6 Å². The molecule has 0 unspecified atom stereocenters. The van der Waals surface area contributed by atoms with Crippen LogP contribution in [0.5, 0.6) is 11.5 Å². The lowest BCUT2D eigenvalue weighted by Crippen LogP contribution is -2.00. The van der Waals surface area contributed by atoms with Crippen LogP contribution in [-0.4, -0.2) is 13.2 Å². The van der Waals surface area contributed by atoms with Crippen LogP contribution in [0.15, 0.2) is 24.3 Å². The summed E-state index contributed by atoms with van der Waals surface area (Å²) >= 11 is 0. The van der Waals surface area contributed by atoms with E-state index >= 15 is 0 Å². The Morgan fingerprint density at radius 2 is 0.667 bits per heavy atom. The van der Waals surface area contributed by atoms with Crippen molar-refractivity contribution in [2.75, 3.05) is 13.2 Å². The van der Waals surface area contributed by atoms with Crippen molar-refractivity contribution in [3.8, 4) is 11.5 Å². The summed E-state index contributed by atoms with van der Waals surface area (Å²) in [5, 5.41) is 0. The van der Waals surface area contributed by atoms with Gasteiger partial charge in [-0.25, -0.2) is 0 Å². The SMILES string of the molecule is CCCCCCCCCCCCCCOc1cccc(OCCCCCCCCCCCCCC)c1. The standard InChI is InChI=1S/C34H62O2/c1-3-5-7-9-11-13-15-17-19-21-23-25-30-35-33-28-27-29-34(32-33)36-31-26-24-22-20-18-16-14-12-10-8-6-4-2/h27-29,32H,3-26,30-31H2,1-2H3. The second-order valence-corrected chi connectivity index (χ2v) is 10.9. The second kappa shape index (κ2) is 26.9. The third-order valence-electron chi connectivity index (χ3n) is 7.34. The number of rotatable bonds is 28. The van der Waals surface area contributed by atoms with Crippen molar-refractivity contribution in [2.45, 2.75) is 168 Å². The van der Waals surface area contributed by atoms with Crippen molar-refractivity contribution in [2.24, 2.45) is 0 Å². The second-order valence-electron chi connectivity index (χ2n) is 10.9. The molecule has 0 fully saturated rings. The van der Waals surface area contributed by atoms with Gasteiger partial charge < -0.3 is 9.47 Å². The molecule has 0 bridgehead atoms. The summed E-state index contributed by atoms with van der Waals surface area (Å²) in [7, 11) is 0. The first-order valence-corrected chi connectivity index (χ1v) is 16.2. The Labute approximate surface area is 226 Å². The molecule has 210 valence electrons. The maximum absolute atomic E-state index is 5.98. The van der Waals surface area contributed by atoms with Gasteiger partial charge in [0.1, 0.15) is 11.5 Å². The monoisotopic (exact) mass is 502 g/mol. The normalized spacial score (nSPS) is 11.2. The molecule has 1 rings (SSSR count). The van der Waals surface area contributed by atoms with Crippen LogP contribution in [0.2, 0.25) is 0 Å². The molecule has 0 aromatic heterocycles. The zero-order valence-corrected chi connectivity index (χ0v) is 24.5. The number of unbranched alkanes of at least 4 members (excludes halogenated alkanes) is 22. The van der Waals surface area contributed by atoms with Crippen molar-refractivity contribution >= 4 is 0 Å². The Balaban J connectivity index is 1.89. The van der Waals surface area contributed by atoms with Crippen LogP contribution in [0.3, 0.4) is 0 Å². The molecule has 1 aromatic carbocycles. The maximum atomic E-state index is 5.98. The molecule has 36 heavy (non-hydrogen) atoms. The summed E-state index contributed by atoms with van der Waals surface area (Å²) < 4.78 is 12.0. The minimum atomic E-state index is 0.819. The van der Waals surface area contributed by atoms with Crippen LogP contribution in [-0.2, 0) is 0 Å². The highest BCUT2D eigenvalue weighted by molar-refractivity contribution is 5.32. The van der Waals surface area contributed by atoms with E-state index < -0.39 is 0 Å². The highest BCUT2D eigenvalue weighted by Crippen LogP contribution is 2.21. The number of hydrogen-bond donors (Lipinski definition) is 0. The predicted molar refractivity (Wildman–Crippen MR) is 160 cm³/mol. The van der Waals surface area contributed by atoms with E-state index in [1.807, 2.05) is 0 Å². The third kappa shape index (κ3) is 22.1. The fraction of sp³-hybridized carbons (Fsp3) is 0.824. The molecule has 0 aliphatic heterocycles. The summed E-state index contributed by atoms with van der Waals surface area (Å²) in [6.07, 6.45) is 33.0. The molecule has 0 atom stereocenters. The topological polar surface area (TPSA) is 18.5 Å². The molecule has 0 aliphatic carbocycles. The van der Waals surface area contributed by atoms with Gasteiger partial charge in [0.25, 0.3) is 0 Å². The lowest BCUT2D eigenvalue weighted by atomic mass is 10.1. The van der Waals surface area contributed by atoms with Crippen LogP contribution in [0.25, 0.3) is 0 Å². The van der Waals surface area contributed by atoms with E-state index in [-0.39, 0.29) is 0 Å².